The van der Waals surface area contributed by atoms with E-state index in [4.69, 9.17) is 60.9 Å². The molecule has 1 aliphatic rings. The molecule has 0 bridgehead atoms. The number of allylic oxidation sites excluding steroid dienone is 2. The van der Waals surface area contributed by atoms with Gasteiger partial charge < -0.3 is 4.74 Å². The molecule has 1 aliphatic heterocycles. The number of carbonyl (C=O) groups is 1. The molecule has 0 atom stereocenters. The Morgan fingerprint density at radius 3 is 2.06 bits per heavy atom. The lowest BCUT2D eigenvalue weighted by molar-refractivity contribution is -0.133. The van der Waals surface area contributed by atoms with Gasteiger partial charge in [-0.2, -0.15) is 0 Å². The molecule has 0 N–H and O–H groups in total. The third-order valence-electron chi connectivity index (χ3n) is 1.54. The minimum atomic E-state index is -2.67. The molecule has 0 aromatic carbocycles. The smallest absolute Gasteiger partial charge is 0.339 e. The Hall–Kier alpha value is 0.490. The lowest BCUT2D eigenvalue weighted by atomic mass is 10.4. The van der Waals surface area contributed by atoms with Gasteiger partial charge in [-0.3, -0.25) is 0 Å². The van der Waals surface area contributed by atoms with E-state index in [2.05, 4.69) is 6.58 Å². The summed E-state index contributed by atoms with van der Waals surface area (Å²) in [5.41, 5.74) is 0.180. The van der Waals surface area contributed by atoms with Crippen LogP contribution in [0.5, 0.6) is 0 Å². The molecule has 1 heterocycles. The van der Waals surface area contributed by atoms with Crippen molar-refractivity contribution in [3.63, 3.8) is 0 Å². The molecular weight excluding hydrogens is 337 g/mol. The predicted octanol–water partition coefficient (Wildman–Crippen LogP) is 5.29. The van der Waals surface area contributed by atoms with Crippen LogP contribution in [0.3, 0.4) is 0 Å². The van der Waals surface area contributed by atoms with Crippen LogP contribution in [-0.4, -0.2) is 5.97 Å². The fraction of sp³-hybridized carbons (Fsp3) is 0.125. The highest BCUT2D eigenvalue weighted by atomic mass is 36.0. The Morgan fingerprint density at radius 2 is 1.75 bits per heavy atom. The maximum absolute atomic E-state index is 11.3. The van der Waals surface area contributed by atoms with Crippen molar-refractivity contribution < 1.29 is 9.53 Å². The summed E-state index contributed by atoms with van der Waals surface area (Å²) in [5.74, 6) is -0.692. The number of halogens is 5. The number of esters is 1. The number of carbonyl (C=O) groups excluding carboxylic acids is 1. The molecule has 0 unspecified atom stereocenters. The van der Waals surface area contributed by atoms with E-state index in [1.807, 2.05) is 0 Å². The Kier molecular flexibility index (Phi) is 4.55. The predicted molar refractivity (Wildman–Crippen MR) is 71.8 cm³/mol. The first-order valence-electron chi connectivity index (χ1n) is 3.75. The molecule has 0 radical (unpaired) electrons. The van der Waals surface area contributed by atoms with Crippen LogP contribution in [0.4, 0.5) is 0 Å². The van der Waals surface area contributed by atoms with Gasteiger partial charge in [-0.05, 0) is 28.3 Å². The van der Waals surface area contributed by atoms with Crippen molar-refractivity contribution >= 4 is 70.6 Å². The Labute approximate surface area is 118 Å². The van der Waals surface area contributed by atoms with E-state index < -0.39 is 14.4 Å². The van der Waals surface area contributed by atoms with Crippen molar-refractivity contribution in [1.82, 2.24) is 0 Å². The SMILES string of the molecule is C=C(C)C(=O)OC1=C(Cl)C(Cl)=C(Cl)S1(Cl)Cl. The minimum Gasteiger partial charge on any atom is -0.413 e. The molecule has 90 valence electrons. The summed E-state index contributed by atoms with van der Waals surface area (Å²) in [5, 5.41) is -0.186. The molecule has 1 rings (SSSR count). The maximum atomic E-state index is 11.3. The van der Waals surface area contributed by atoms with Crippen molar-refractivity contribution in [3.8, 4) is 0 Å². The lowest BCUT2D eigenvalue weighted by Gasteiger charge is -2.21. The fourth-order valence-electron chi connectivity index (χ4n) is 0.751. The fourth-order valence-corrected chi connectivity index (χ4v) is 4.72. The van der Waals surface area contributed by atoms with Crippen LogP contribution in [-0.2, 0) is 9.53 Å². The van der Waals surface area contributed by atoms with Gasteiger partial charge in [0.2, 0.25) is 0 Å². The van der Waals surface area contributed by atoms with Gasteiger partial charge in [0.1, 0.15) is 9.40 Å². The number of hydrogen-bond acceptors (Lipinski definition) is 2. The monoisotopic (exact) mass is 340 g/mol. The summed E-state index contributed by atoms with van der Waals surface area (Å²) in [6, 6.07) is 0. The van der Waals surface area contributed by atoms with Gasteiger partial charge in [-0.25, -0.2) is 4.79 Å². The molecule has 2 nitrogen and oxygen atoms in total. The third kappa shape index (κ3) is 2.50. The molecule has 16 heavy (non-hydrogen) atoms. The standard InChI is InChI=1S/C8H5Cl5O2S/c1-3(2)7(14)15-8-5(10)4(9)6(11)16(8,12)13/h1H2,2H3. The molecule has 0 saturated carbocycles. The third-order valence-corrected chi connectivity index (χ3v) is 7.22. The van der Waals surface area contributed by atoms with E-state index in [9.17, 15) is 4.79 Å². The molecule has 0 aromatic rings. The molecule has 0 aromatic heterocycles. The summed E-state index contributed by atoms with van der Waals surface area (Å²) >= 11 is 17.3. The summed E-state index contributed by atoms with van der Waals surface area (Å²) in [7, 11) is 9.22. The highest BCUT2D eigenvalue weighted by Gasteiger charge is 2.42. The van der Waals surface area contributed by atoms with Gasteiger partial charge in [0, 0.05) is 14.0 Å². The van der Waals surface area contributed by atoms with Crippen LogP contribution in [0.1, 0.15) is 6.92 Å². The van der Waals surface area contributed by atoms with Crippen LogP contribution in [0.25, 0.3) is 0 Å². The summed E-state index contributed by atoms with van der Waals surface area (Å²) < 4.78 is 4.89. The van der Waals surface area contributed by atoms with Crippen LogP contribution >= 0.6 is 64.6 Å². The van der Waals surface area contributed by atoms with E-state index in [0.29, 0.717) is 0 Å². The number of rotatable bonds is 2. The molecule has 0 amide bonds. The maximum Gasteiger partial charge on any atom is 0.339 e. The lowest BCUT2D eigenvalue weighted by Crippen LogP contribution is -2.05. The number of ether oxygens (including phenoxy) is 1. The first-order chi connectivity index (χ1) is 7.19. The summed E-state index contributed by atoms with van der Waals surface area (Å²) in [6.07, 6.45) is 0. The van der Waals surface area contributed by atoms with E-state index in [0.717, 1.165) is 0 Å². The average Bonchev–Trinajstić information content (AvgIpc) is 2.33. The van der Waals surface area contributed by atoms with Crippen molar-refractivity contribution in [3.05, 3.63) is 31.7 Å². The van der Waals surface area contributed by atoms with Crippen molar-refractivity contribution in [2.45, 2.75) is 6.92 Å². The highest BCUT2D eigenvalue weighted by Crippen LogP contribution is 2.78. The zero-order chi connectivity index (χ0) is 12.7. The second-order valence-electron chi connectivity index (χ2n) is 2.83. The molecule has 0 spiro atoms. The Morgan fingerprint density at radius 1 is 1.25 bits per heavy atom. The molecule has 8 heteroatoms. The van der Waals surface area contributed by atoms with Crippen LogP contribution in [0.2, 0.25) is 0 Å². The first-order valence-corrected chi connectivity index (χ1v) is 8.17. The zero-order valence-corrected chi connectivity index (χ0v) is 12.4. The van der Waals surface area contributed by atoms with Crippen LogP contribution < -0.4 is 0 Å². The topological polar surface area (TPSA) is 26.3 Å². The summed E-state index contributed by atoms with van der Waals surface area (Å²) in [4.78, 5) is 11.3. The van der Waals surface area contributed by atoms with Crippen molar-refractivity contribution in [2.24, 2.45) is 0 Å². The van der Waals surface area contributed by atoms with Crippen molar-refractivity contribution in [1.29, 1.82) is 0 Å². The largest absolute Gasteiger partial charge is 0.413 e. The van der Waals surface area contributed by atoms with Crippen LogP contribution in [0.15, 0.2) is 31.7 Å². The van der Waals surface area contributed by atoms with E-state index in [1.54, 1.807) is 0 Å². The first kappa shape index (κ1) is 14.6. The van der Waals surface area contributed by atoms with Gasteiger partial charge in [0.15, 0.2) is 5.09 Å². The van der Waals surface area contributed by atoms with Gasteiger partial charge in [-0.1, -0.05) is 41.4 Å². The zero-order valence-electron chi connectivity index (χ0n) is 7.82. The van der Waals surface area contributed by atoms with E-state index in [-0.39, 0.29) is 25.1 Å². The van der Waals surface area contributed by atoms with Gasteiger partial charge in [0.05, 0.1) is 5.03 Å². The Balaban J connectivity index is 3.09. The van der Waals surface area contributed by atoms with Gasteiger partial charge >= 0.3 is 5.97 Å². The minimum absolute atomic E-state index is 0.00662. The molecular formula is C8H5Cl5O2S. The second kappa shape index (κ2) is 5.01. The second-order valence-corrected chi connectivity index (χ2v) is 9.15. The van der Waals surface area contributed by atoms with Gasteiger partial charge in [0.25, 0.3) is 0 Å². The molecule has 0 saturated heterocycles. The van der Waals surface area contributed by atoms with Crippen LogP contribution in [0, 0.1) is 0 Å². The molecule has 0 fully saturated rings. The van der Waals surface area contributed by atoms with Crippen molar-refractivity contribution in [2.75, 3.05) is 0 Å². The van der Waals surface area contributed by atoms with E-state index in [1.165, 1.54) is 6.92 Å². The van der Waals surface area contributed by atoms with E-state index >= 15 is 0 Å². The highest BCUT2D eigenvalue weighted by molar-refractivity contribution is 8.71. The average molecular weight is 342 g/mol. The normalized spacial score (nSPS) is 21.1. The summed E-state index contributed by atoms with van der Waals surface area (Å²) in [6.45, 7) is 4.89. The quantitative estimate of drug-likeness (QED) is 0.504. The number of hydrogen-bond donors (Lipinski definition) is 0. The molecule has 0 aliphatic carbocycles. The Bertz CT molecular complexity index is 438. The van der Waals surface area contributed by atoms with Gasteiger partial charge in [-0.15, -0.1) is 0 Å².